The first-order chi connectivity index (χ1) is 16.4. The Morgan fingerprint density at radius 2 is 1.64 bits per heavy atom. The monoisotopic (exact) mass is 527 g/mol. The predicted molar refractivity (Wildman–Crippen MR) is 133 cm³/mol. The van der Waals surface area contributed by atoms with E-state index in [9.17, 15) is 31.2 Å². The third-order valence-corrected chi connectivity index (χ3v) is 6.55. The molecule has 2 aromatic carbocycles. The Hall–Kier alpha value is -3.08. The van der Waals surface area contributed by atoms with E-state index in [1.165, 1.54) is 17.9 Å². The van der Waals surface area contributed by atoms with Gasteiger partial charge in [0.1, 0.15) is 12.6 Å². The van der Waals surface area contributed by atoms with Crippen molar-refractivity contribution in [2.75, 3.05) is 17.1 Å². The van der Waals surface area contributed by atoms with E-state index in [1.807, 2.05) is 19.1 Å². The molecule has 0 radical (unpaired) electrons. The second-order valence-corrected chi connectivity index (χ2v) is 11.6. The van der Waals surface area contributed by atoms with Crippen LogP contribution in [0.5, 0.6) is 0 Å². The number of hydrogen-bond donors (Lipinski definition) is 1. The molecule has 0 heterocycles. The Morgan fingerprint density at radius 3 is 2.17 bits per heavy atom. The Morgan fingerprint density at radius 1 is 1.03 bits per heavy atom. The summed E-state index contributed by atoms with van der Waals surface area (Å²) in [6, 6.07) is 9.98. The number of rotatable bonds is 8. The minimum atomic E-state index is -4.69. The molecule has 0 aliphatic heterocycles. The molecule has 0 saturated carbocycles. The molecule has 7 nitrogen and oxygen atoms in total. The summed E-state index contributed by atoms with van der Waals surface area (Å²) in [6.07, 6.45) is -3.89. The summed E-state index contributed by atoms with van der Waals surface area (Å²) in [6.45, 7) is 7.93. The largest absolute Gasteiger partial charge is 0.416 e. The molecule has 11 heteroatoms. The maximum absolute atomic E-state index is 13.5. The van der Waals surface area contributed by atoms with E-state index in [1.54, 1.807) is 32.9 Å². The normalized spacial score (nSPS) is 13.1. The van der Waals surface area contributed by atoms with Crippen molar-refractivity contribution in [2.24, 2.45) is 0 Å². The van der Waals surface area contributed by atoms with E-state index in [-0.39, 0.29) is 12.2 Å². The number of nitrogens with one attached hydrogen (secondary N) is 1. The molecule has 0 spiro atoms. The third kappa shape index (κ3) is 7.97. The number of benzene rings is 2. The zero-order chi connectivity index (χ0) is 27.5. The van der Waals surface area contributed by atoms with Crippen molar-refractivity contribution in [3.63, 3.8) is 0 Å². The number of nitrogens with zero attached hydrogens (tertiary/aromatic N) is 2. The molecule has 1 N–H and O–H groups in total. The summed E-state index contributed by atoms with van der Waals surface area (Å²) in [5.74, 6) is -1.19. The fraction of sp³-hybridized carbons (Fsp3) is 0.440. The van der Waals surface area contributed by atoms with Crippen molar-refractivity contribution in [3.05, 3.63) is 65.2 Å². The number of alkyl halides is 3. The Bertz CT molecular complexity index is 1210. The summed E-state index contributed by atoms with van der Waals surface area (Å²) in [7, 11) is -4.15. The van der Waals surface area contributed by atoms with Crippen LogP contribution in [-0.4, -0.2) is 49.5 Å². The van der Waals surface area contributed by atoms with Crippen molar-refractivity contribution in [1.82, 2.24) is 10.2 Å². The lowest BCUT2D eigenvalue weighted by molar-refractivity contribution is -0.140. The van der Waals surface area contributed by atoms with E-state index in [0.717, 1.165) is 29.5 Å². The molecule has 2 aromatic rings. The van der Waals surface area contributed by atoms with Crippen LogP contribution in [0.2, 0.25) is 0 Å². The molecule has 0 aromatic heterocycles. The highest BCUT2D eigenvalue weighted by Crippen LogP contribution is 2.32. The quantitative estimate of drug-likeness (QED) is 0.560. The molecular weight excluding hydrogens is 495 g/mol. The number of hydrogen-bond acceptors (Lipinski definition) is 4. The highest BCUT2D eigenvalue weighted by atomic mass is 32.2. The highest BCUT2D eigenvalue weighted by molar-refractivity contribution is 7.92. The number of halogens is 3. The van der Waals surface area contributed by atoms with Crippen LogP contribution in [0.25, 0.3) is 0 Å². The summed E-state index contributed by atoms with van der Waals surface area (Å²) in [4.78, 5) is 27.7. The lowest BCUT2D eigenvalue weighted by Gasteiger charge is -2.33. The molecule has 0 aliphatic carbocycles. The van der Waals surface area contributed by atoms with E-state index in [0.29, 0.717) is 10.4 Å². The van der Waals surface area contributed by atoms with Gasteiger partial charge in [0.05, 0.1) is 17.5 Å². The Labute approximate surface area is 210 Å². The number of aryl methyl sites for hydroxylation is 1. The summed E-state index contributed by atoms with van der Waals surface area (Å²) in [5.41, 5.74) is -0.332. The zero-order valence-corrected chi connectivity index (χ0v) is 22.0. The maximum atomic E-state index is 13.5. The molecule has 36 heavy (non-hydrogen) atoms. The number of amides is 2. The molecular formula is C25H32F3N3O4S. The van der Waals surface area contributed by atoms with Crippen LogP contribution in [0.3, 0.4) is 0 Å². The topological polar surface area (TPSA) is 86.8 Å². The minimum absolute atomic E-state index is 0.00439. The standard InChI is InChI=1S/C25H32F3N3O4S/c1-17-10-7-8-11-19(17)15-30(18(2)23(33)29-24(3,4)5)22(32)16-31(36(6,34)35)21-13-9-12-20(14-21)25(26,27)28/h7-14,18H,15-16H2,1-6H3,(H,29,33)/t18-/m0/s1. The molecule has 1 atom stereocenters. The van der Waals surface area contributed by atoms with Crippen molar-refractivity contribution in [3.8, 4) is 0 Å². The lowest BCUT2D eigenvalue weighted by Crippen LogP contribution is -2.54. The van der Waals surface area contributed by atoms with Crippen LogP contribution in [-0.2, 0) is 32.3 Å². The van der Waals surface area contributed by atoms with Crippen molar-refractivity contribution in [2.45, 2.75) is 58.9 Å². The molecule has 0 saturated heterocycles. The SMILES string of the molecule is Cc1ccccc1CN(C(=O)CN(c1cccc(C(F)(F)F)c1)S(C)(=O)=O)[C@@H](C)C(=O)NC(C)(C)C. The smallest absolute Gasteiger partial charge is 0.350 e. The molecule has 2 amide bonds. The van der Waals surface area contributed by atoms with Gasteiger partial charge in [0.25, 0.3) is 0 Å². The molecule has 0 aliphatic rings. The van der Waals surface area contributed by atoms with Gasteiger partial charge in [0.2, 0.25) is 21.8 Å². The second kappa shape index (κ2) is 10.9. The van der Waals surface area contributed by atoms with Crippen LogP contribution in [0.1, 0.15) is 44.4 Å². The van der Waals surface area contributed by atoms with Gasteiger partial charge in [-0.1, -0.05) is 30.3 Å². The molecule has 0 unspecified atom stereocenters. The first kappa shape index (κ1) is 29.2. The van der Waals surface area contributed by atoms with E-state index < -0.39 is 51.7 Å². The van der Waals surface area contributed by atoms with Gasteiger partial charge in [0, 0.05) is 12.1 Å². The Balaban J connectivity index is 2.47. The van der Waals surface area contributed by atoms with Crippen molar-refractivity contribution in [1.29, 1.82) is 0 Å². The summed E-state index contributed by atoms with van der Waals surface area (Å²) >= 11 is 0. The van der Waals surface area contributed by atoms with Gasteiger partial charge in [-0.25, -0.2) is 8.42 Å². The van der Waals surface area contributed by atoms with E-state index >= 15 is 0 Å². The predicted octanol–water partition coefficient (Wildman–Crippen LogP) is 4.11. The average Bonchev–Trinajstić information content (AvgIpc) is 2.73. The van der Waals surface area contributed by atoms with Crippen molar-refractivity contribution < 1.29 is 31.2 Å². The number of carbonyl (C=O) groups is 2. The van der Waals surface area contributed by atoms with Gasteiger partial charge in [0.15, 0.2) is 0 Å². The van der Waals surface area contributed by atoms with Gasteiger partial charge in [-0.2, -0.15) is 13.2 Å². The second-order valence-electron chi connectivity index (χ2n) is 9.68. The van der Waals surface area contributed by atoms with Crippen LogP contribution >= 0.6 is 0 Å². The van der Waals surface area contributed by atoms with Gasteiger partial charge >= 0.3 is 6.18 Å². The first-order valence-electron chi connectivity index (χ1n) is 11.2. The van der Waals surface area contributed by atoms with Crippen LogP contribution in [0, 0.1) is 6.92 Å². The maximum Gasteiger partial charge on any atom is 0.416 e. The minimum Gasteiger partial charge on any atom is -0.350 e. The summed E-state index contributed by atoms with van der Waals surface area (Å²) in [5, 5.41) is 2.80. The summed E-state index contributed by atoms with van der Waals surface area (Å²) < 4.78 is 65.4. The van der Waals surface area contributed by atoms with E-state index in [2.05, 4.69) is 5.32 Å². The van der Waals surface area contributed by atoms with E-state index in [4.69, 9.17) is 0 Å². The fourth-order valence-corrected chi connectivity index (χ4v) is 4.32. The van der Waals surface area contributed by atoms with Gasteiger partial charge in [-0.15, -0.1) is 0 Å². The number of carbonyl (C=O) groups excluding carboxylic acids is 2. The molecule has 0 bridgehead atoms. The molecule has 2 rings (SSSR count). The van der Waals surface area contributed by atoms with Gasteiger partial charge in [-0.05, 0) is 63.9 Å². The van der Waals surface area contributed by atoms with Gasteiger partial charge < -0.3 is 10.2 Å². The van der Waals surface area contributed by atoms with Crippen LogP contribution in [0.15, 0.2) is 48.5 Å². The number of anilines is 1. The first-order valence-corrected chi connectivity index (χ1v) is 13.1. The fourth-order valence-electron chi connectivity index (χ4n) is 3.48. The van der Waals surface area contributed by atoms with Crippen LogP contribution < -0.4 is 9.62 Å². The molecule has 198 valence electrons. The average molecular weight is 528 g/mol. The van der Waals surface area contributed by atoms with Crippen molar-refractivity contribution >= 4 is 27.5 Å². The highest BCUT2D eigenvalue weighted by Gasteiger charge is 2.34. The zero-order valence-electron chi connectivity index (χ0n) is 21.2. The lowest BCUT2D eigenvalue weighted by atomic mass is 10.1. The van der Waals surface area contributed by atoms with Gasteiger partial charge in [-0.3, -0.25) is 13.9 Å². The molecule has 0 fully saturated rings. The third-order valence-electron chi connectivity index (χ3n) is 5.41. The Kier molecular flexibility index (Phi) is 8.82. The van der Waals surface area contributed by atoms with Crippen LogP contribution in [0.4, 0.5) is 18.9 Å². The number of sulfonamides is 1.